The summed E-state index contributed by atoms with van der Waals surface area (Å²) in [6, 6.07) is 6.09. The van der Waals surface area contributed by atoms with Gasteiger partial charge in [0.15, 0.2) is 6.04 Å². The number of nitrogens with zero attached hydrogens (tertiary/aromatic N) is 4. The van der Waals surface area contributed by atoms with Crippen LogP contribution >= 0.6 is 0 Å². The molecule has 0 bridgehead atoms. The molecule has 4 rings (SSSR count). The Kier molecular flexibility index (Phi) is 5.73. The molecule has 7 heteroatoms. The Morgan fingerprint density at radius 3 is 2.71 bits per heavy atom. The molecule has 0 radical (unpaired) electrons. The van der Waals surface area contributed by atoms with Crippen molar-refractivity contribution in [2.45, 2.75) is 72.4 Å². The van der Waals surface area contributed by atoms with Crippen LogP contribution in [0.15, 0.2) is 23.0 Å². The number of tetrazole rings is 1. The third-order valence-corrected chi connectivity index (χ3v) is 7.20. The largest absolute Gasteiger partial charge is 0.322 e. The van der Waals surface area contributed by atoms with Gasteiger partial charge >= 0.3 is 0 Å². The van der Waals surface area contributed by atoms with Gasteiger partial charge in [0.25, 0.3) is 5.56 Å². The first-order chi connectivity index (χ1) is 14.7. The van der Waals surface area contributed by atoms with Crippen molar-refractivity contribution in [3.63, 3.8) is 0 Å². The fourth-order valence-electron chi connectivity index (χ4n) is 4.80. The molecule has 1 unspecified atom stereocenters. The van der Waals surface area contributed by atoms with Crippen molar-refractivity contribution in [2.24, 2.45) is 5.92 Å². The average Bonchev–Trinajstić information content (AvgIpc) is 3.21. The summed E-state index contributed by atoms with van der Waals surface area (Å²) in [5.74, 6) is 1.39. The predicted molar refractivity (Wildman–Crippen MR) is 122 cm³/mol. The molecule has 1 aromatic carbocycles. The van der Waals surface area contributed by atoms with E-state index < -0.39 is 0 Å². The van der Waals surface area contributed by atoms with Crippen molar-refractivity contribution in [1.29, 1.82) is 0 Å². The topological polar surface area (TPSA) is 80.9 Å². The molecule has 0 aliphatic carbocycles. The van der Waals surface area contributed by atoms with Crippen molar-refractivity contribution in [3.05, 3.63) is 51.1 Å². The second-order valence-electron chi connectivity index (χ2n) is 9.99. The number of hydrogen-bond acceptors (Lipinski definition) is 4. The van der Waals surface area contributed by atoms with E-state index in [0.717, 1.165) is 48.2 Å². The molecule has 3 heterocycles. The maximum atomic E-state index is 13.4. The molecule has 1 saturated heterocycles. The van der Waals surface area contributed by atoms with E-state index in [1.165, 1.54) is 22.4 Å². The molecule has 2 aromatic heterocycles. The van der Waals surface area contributed by atoms with Crippen LogP contribution in [-0.4, -0.2) is 38.3 Å². The highest BCUT2D eigenvalue weighted by Crippen LogP contribution is 2.26. The number of aromatic nitrogens is 5. The van der Waals surface area contributed by atoms with Gasteiger partial charge in [-0.05, 0) is 92.1 Å². The number of pyridine rings is 1. The quantitative estimate of drug-likeness (QED) is 0.661. The van der Waals surface area contributed by atoms with Crippen LogP contribution in [0.5, 0.6) is 0 Å². The number of fused-ring (bicyclic) bond motifs is 1. The van der Waals surface area contributed by atoms with E-state index in [1.807, 2.05) is 4.68 Å². The Balaban J connectivity index is 1.92. The fraction of sp³-hybridized carbons (Fsp3) is 0.583. The molecule has 1 aliphatic heterocycles. The molecule has 3 aromatic rings. The van der Waals surface area contributed by atoms with E-state index in [0.29, 0.717) is 5.92 Å². The zero-order valence-corrected chi connectivity index (χ0v) is 19.6. The molecule has 7 nitrogen and oxygen atoms in total. The highest BCUT2D eigenvalue weighted by atomic mass is 16.1. The summed E-state index contributed by atoms with van der Waals surface area (Å²) >= 11 is 0. The minimum atomic E-state index is -0.227. The van der Waals surface area contributed by atoms with E-state index in [-0.39, 0.29) is 17.1 Å². The van der Waals surface area contributed by atoms with Gasteiger partial charge in [-0.3, -0.25) is 4.79 Å². The van der Waals surface area contributed by atoms with Crippen LogP contribution in [-0.2, 0) is 5.54 Å². The first-order valence-electron chi connectivity index (χ1n) is 11.5. The number of aryl methyl sites for hydroxylation is 2. The molecular formula is C24H35N6O+. The van der Waals surface area contributed by atoms with Crippen molar-refractivity contribution >= 4 is 10.9 Å². The van der Waals surface area contributed by atoms with E-state index >= 15 is 0 Å². The zero-order chi connectivity index (χ0) is 22.3. The highest BCUT2D eigenvalue weighted by molar-refractivity contribution is 5.80. The molecule has 0 saturated carbocycles. The molecule has 3 atom stereocenters. The zero-order valence-electron chi connectivity index (χ0n) is 19.6. The summed E-state index contributed by atoms with van der Waals surface area (Å²) in [5.41, 5.74) is 3.76. The van der Waals surface area contributed by atoms with Gasteiger partial charge in [-0.25, -0.2) is 4.68 Å². The van der Waals surface area contributed by atoms with E-state index in [2.05, 4.69) is 80.3 Å². The number of rotatable bonds is 5. The predicted octanol–water partition coefficient (Wildman–Crippen LogP) is 2.68. The monoisotopic (exact) mass is 423 g/mol. The first-order valence-corrected chi connectivity index (χ1v) is 11.5. The van der Waals surface area contributed by atoms with Crippen molar-refractivity contribution in [3.8, 4) is 0 Å². The number of likely N-dealkylation sites (tertiary alicyclic amines) is 1. The van der Waals surface area contributed by atoms with Crippen LogP contribution in [0.1, 0.15) is 75.5 Å². The summed E-state index contributed by atoms with van der Waals surface area (Å²) in [6.45, 7) is 14.9. The van der Waals surface area contributed by atoms with Gasteiger partial charge in [-0.1, -0.05) is 13.8 Å². The van der Waals surface area contributed by atoms with Gasteiger partial charge in [-0.2, -0.15) is 0 Å². The number of hydrogen-bond donors (Lipinski definition) is 2. The second-order valence-corrected chi connectivity index (χ2v) is 9.99. The molecule has 0 amide bonds. The van der Waals surface area contributed by atoms with E-state index in [1.54, 1.807) is 0 Å². The van der Waals surface area contributed by atoms with Crippen LogP contribution in [0.25, 0.3) is 10.9 Å². The molecule has 1 aliphatic rings. The summed E-state index contributed by atoms with van der Waals surface area (Å²) in [4.78, 5) is 17.9. The number of aromatic amines is 1. The van der Waals surface area contributed by atoms with Crippen LogP contribution in [0, 0.1) is 19.8 Å². The van der Waals surface area contributed by atoms with E-state index in [4.69, 9.17) is 0 Å². The second kappa shape index (κ2) is 8.19. The Labute approximate surface area is 183 Å². The maximum absolute atomic E-state index is 13.4. The Hall–Kier alpha value is -2.54. The lowest BCUT2D eigenvalue weighted by Gasteiger charge is -2.35. The molecule has 166 valence electrons. The van der Waals surface area contributed by atoms with Gasteiger partial charge in [0.1, 0.15) is 0 Å². The number of H-pyrrole nitrogens is 1. The van der Waals surface area contributed by atoms with Crippen LogP contribution in [0.3, 0.4) is 0 Å². The number of quaternary nitrogens is 1. The standard InChI is InChI=1S/C24H34N6O/c1-7-24(5,6)30-22(26-27-28-30)21(29-10-8-9-15(2)14-29)19-13-18-11-16(3)17(4)12-20(18)25-23(19)31/h11-13,15,21H,7-10,14H2,1-6H3,(H,25,31)/p+1/t15-,21+/m0/s1. The van der Waals surface area contributed by atoms with Crippen molar-refractivity contribution in [2.75, 3.05) is 13.1 Å². The lowest BCUT2D eigenvalue weighted by atomic mass is 9.94. The highest BCUT2D eigenvalue weighted by Gasteiger charge is 2.38. The van der Waals surface area contributed by atoms with Gasteiger partial charge in [0, 0.05) is 11.4 Å². The smallest absolute Gasteiger partial charge is 0.258 e. The minimum Gasteiger partial charge on any atom is -0.322 e. The first kappa shape index (κ1) is 21.7. The maximum Gasteiger partial charge on any atom is 0.258 e. The van der Waals surface area contributed by atoms with Crippen LogP contribution in [0.4, 0.5) is 0 Å². The van der Waals surface area contributed by atoms with Crippen molar-refractivity contribution in [1.82, 2.24) is 25.2 Å². The van der Waals surface area contributed by atoms with Gasteiger partial charge in [-0.15, -0.1) is 5.10 Å². The van der Waals surface area contributed by atoms with Gasteiger partial charge in [0.2, 0.25) is 5.82 Å². The summed E-state index contributed by atoms with van der Waals surface area (Å²) in [7, 11) is 0. The Bertz CT molecular complexity index is 1140. The van der Waals surface area contributed by atoms with Crippen molar-refractivity contribution < 1.29 is 4.90 Å². The third kappa shape index (κ3) is 4.03. The Morgan fingerprint density at radius 1 is 1.26 bits per heavy atom. The Morgan fingerprint density at radius 2 is 2.00 bits per heavy atom. The number of piperidine rings is 1. The van der Waals surface area contributed by atoms with Gasteiger partial charge < -0.3 is 9.88 Å². The number of benzene rings is 1. The van der Waals surface area contributed by atoms with Gasteiger partial charge in [0.05, 0.1) is 24.2 Å². The lowest BCUT2D eigenvalue weighted by molar-refractivity contribution is -0.934. The SMILES string of the molecule is CCC(C)(C)n1nnnc1[C@@H](c1cc2cc(C)c(C)cc2[nH]c1=O)[NH+]1CCC[C@H](C)C1. The summed E-state index contributed by atoms with van der Waals surface area (Å²) in [5, 5.41) is 14.0. The van der Waals surface area contributed by atoms with Crippen LogP contribution < -0.4 is 10.5 Å². The van der Waals surface area contributed by atoms with Crippen LogP contribution in [0.2, 0.25) is 0 Å². The lowest BCUT2D eigenvalue weighted by Crippen LogP contribution is -3.14. The fourth-order valence-corrected chi connectivity index (χ4v) is 4.80. The summed E-state index contributed by atoms with van der Waals surface area (Å²) < 4.78 is 1.94. The average molecular weight is 424 g/mol. The minimum absolute atomic E-state index is 0.0460. The molecule has 0 spiro atoms. The molecular weight excluding hydrogens is 388 g/mol. The van der Waals surface area contributed by atoms with E-state index in [9.17, 15) is 4.79 Å². The summed E-state index contributed by atoms with van der Waals surface area (Å²) in [6.07, 6.45) is 3.28. The third-order valence-electron chi connectivity index (χ3n) is 7.20. The normalized spacial score (nSPS) is 20.8. The molecule has 1 fully saturated rings. The number of nitrogens with one attached hydrogen (secondary N) is 2. The molecule has 31 heavy (non-hydrogen) atoms. The molecule has 2 N–H and O–H groups in total.